The fourth-order valence-corrected chi connectivity index (χ4v) is 4.49. The number of methoxy groups -OCH3 is 2. The van der Waals surface area contributed by atoms with Crippen LogP contribution in [0.2, 0.25) is 0 Å². The highest BCUT2D eigenvalue weighted by molar-refractivity contribution is 5.91. The van der Waals surface area contributed by atoms with Crippen molar-refractivity contribution in [3.8, 4) is 11.5 Å². The van der Waals surface area contributed by atoms with Crippen molar-refractivity contribution in [1.82, 2.24) is 9.88 Å². The standard InChI is InChI=1S/C26H25N3O3/c1-31-19-12-10-17(11-13-19)25-24-22(21-8-3-4-9-23(21)28-24)14-15-29(25)26(30)27-18-6-5-7-20(16-18)32-2/h3-13,16,25,28H,14-15H2,1-2H3,(H,27,30)/t25-/m0/s1. The first-order valence-electron chi connectivity index (χ1n) is 10.6. The third-order valence-corrected chi connectivity index (χ3v) is 6.05. The summed E-state index contributed by atoms with van der Waals surface area (Å²) in [6, 6.07) is 23.2. The van der Waals surface area contributed by atoms with E-state index in [0.29, 0.717) is 18.0 Å². The number of carbonyl (C=O) groups excluding carboxylic acids is 1. The normalized spacial score (nSPS) is 15.3. The van der Waals surface area contributed by atoms with E-state index in [1.165, 1.54) is 10.9 Å². The lowest BCUT2D eigenvalue weighted by Gasteiger charge is -2.36. The summed E-state index contributed by atoms with van der Waals surface area (Å²) in [5.74, 6) is 1.49. The highest BCUT2D eigenvalue weighted by Gasteiger charge is 2.34. The largest absolute Gasteiger partial charge is 0.497 e. The highest BCUT2D eigenvalue weighted by atomic mass is 16.5. The number of benzene rings is 3. The van der Waals surface area contributed by atoms with Crippen LogP contribution in [0.4, 0.5) is 10.5 Å². The number of ether oxygens (including phenoxy) is 2. The first-order valence-corrected chi connectivity index (χ1v) is 10.6. The molecule has 1 aliphatic heterocycles. The minimum Gasteiger partial charge on any atom is -0.497 e. The van der Waals surface area contributed by atoms with Crippen LogP contribution in [0.1, 0.15) is 22.9 Å². The summed E-state index contributed by atoms with van der Waals surface area (Å²) in [7, 11) is 3.27. The fraction of sp³-hybridized carbons (Fsp3) is 0.192. The monoisotopic (exact) mass is 427 g/mol. The van der Waals surface area contributed by atoms with Crippen molar-refractivity contribution in [2.24, 2.45) is 0 Å². The summed E-state index contributed by atoms with van der Waals surface area (Å²) in [5.41, 5.74) is 5.14. The summed E-state index contributed by atoms with van der Waals surface area (Å²) in [5, 5.41) is 4.26. The molecule has 1 aromatic heterocycles. The van der Waals surface area contributed by atoms with E-state index in [-0.39, 0.29) is 12.1 Å². The molecule has 0 radical (unpaired) electrons. The smallest absolute Gasteiger partial charge is 0.322 e. The van der Waals surface area contributed by atoms with Gasteiger partial charge in [-0.2, -0.15) is 0 Å². The molecule has 0 saturated heterocycles. The quantitative estimate of drug-likeness (QED) is 0.460. The van der Waals surface area contributed by atoms with Gasteiger partial charge in [0.2, 0.25) is 0 Å². The summed E-state index contributed by atoms with van der Waals surface area (Å²) < 4.78 is 10.6. The number of anilines is 1. The number of nitrogens with zero attached hydrogens (tertiary/aromatic N) is 1. The molecular weight excluding hydrogens is 402 g/mol. The number of hydrogen-bond donors (Lipinski definition) is 2. The van der Waals surface area contributed by atoms with Crippen LogP contribution in [0.5, 0.6) is 11.5 Å². The summed E-state index contributed by atoms with van der Waals surface area (Å²) in [6.07, 6.45) is 0.789. The second kappa shape index (κ2) is 8.30. The fourth-order valence-electron chi connectivity index (χ4n) is 4.49. The average Bonchev–Trinajstić information content (AvgIpc) is 3.22. The highest BCUT2D eigenvalue weighted by Crippen LogP contribution is 2.39. The Labute approximate surface area is 186 Å². The van der Waals surface area contributed by atoms with Crippen LogP contribution >= 0.6 is 0 Å². The van der Waals surface area contributed by atoms with Crippen LogP contribution in [0.15, 0.2) is 72.8 Å². The molecule has 1 atom stereocenters. The molecule has 2 N–H and O–H groups in total. The maximum atomic E-state index is 13.4. The lowest BCUT2D eigenvalue weighted by Crippen LogP contribution is -2.43. The second-order valence-corrected chi connectivity index (χ2v) is 7.84. The van der Waals surface area contributed by atoms with Crippen LogP contribution in [-0.2, 0) is 6.42 Å². The van der Waals surface area contributed by atoms with Gasteiger partial charge in [-0.15, -0.1) is 0 Å². The zero-order valence-electron chi connectivity index (χ0n) is 18.1. The Kier molecular flexibility index (Phi) is 5.19. The minimum absolute atomic E-state index is 0.150. The van der Waals surface area contributed by atoms with E-state index in [1.807, 2.05) is 59.5 Å². The predicted molar refractivity (Wildman–Crippen MR) is 126 cm³/mol. The molecule has 5 rings (SSSR count). The van der Waals surface area contributed by atoms with Crippen LogP contribution in [-0.4, -0.2) is 36.7 Å². The maximum Gasteiger partial charge on any atom is 0.322 e. The van der Waals surface area contributed by atoms with Gasteiger partial charge in [0.1, 0.15) is 11.5 Å². The average molecular weight is 428 g/mol. The van der Waals surface area contributed by atoms with Crippen LogP contribution in [0.25, 0.3) is 10.9 Å². The Balaban J connectivity index is 1.55. The molecule has 2 amide bonds. The van der Waals surface area contributed by atoms with Crippen molar-refractivity contribution in [3.63, 3.8) is 0 Å². The molecule has 0 bridgehead atoms. The summed E-state index contributed by atoms with van der Waals surface area (Å²) in [4.78, 5) is 18.9. The number of amides is 2. The van der Waals surface area contributed by atoms with Crippen molar-refractivity contribution < 1.29 is 14.3 Å². The van der Waals surface area contributed by atoms with E-state index in [9.17, 15) is 4.79 Å². The van der Waals surface area contributed by atoms with Gasteiger partial charge in [0.05, 0.1) is 20.3 Å². The Morgan fingerprint density at radius 2 is 1.75 bits per heavy atom. The van der Waals surface area contributed by atoms with Crippen LogP contribution < -0.4 is 14.8 Å². The Bertz CT molecular complexity index is 1260. The number of hydrogen-bond acceptors (Lipinski definition) is 3. The second-order valence-electron chi connectivity index (χ2n) is 7.84. The van der Waals surface area contributed by atoms with Crippen molar-refractivity contribution in [3.05, 3.63) is 89.6 Å². The van der Waals surface area contributed by atoms with E-state index >= 15 is 0 Å². The van der Waals surface area contributed by atoms with Gasteiger partial charge < -0.3 is 24.7 Å². The van der Waals surface area contributed by atoms with Gasteiger partial charge in [-0.3, -0.25) is 0 Å². The summed E-state index contributed by atoms with van der Waals surface area (Å²) in [6.45, 7) is 0.612. The molecule has 0 saturated carbocycles. The zero-order chi connectivity index (χ0) is 22.1. The van der Waals surface area contributed by atoms with Crippen molar-refractivity contribution >= 4 is 22.6 Å². The number of carbonyl (C=O) groups is 1. The van der Waals surface area contributed by atoms with Gasteiger partial charge in [0, 0.05) is 34.9 Å². The van der Waals surface area contributed by atoms with Crippen molar-refractivity contribution in [1.29, 1.82) is 0 Å². The molecule has 162 valence electrons. The Hall–Kier alpha value is -3.93. The van der Waals surface area contributed by atoms with E-state index in [4.69, 9.17) is 9.47 Å². The minimum atomic E-state index is -0.234. The number of H-pyrrole nitrogens is 1. The molecule has 4 aromatic rings. The van der Waals surface area contributed by atoms with E-state index < -0.39 is 0 Å². The first-order chi connectivity index (χ1) is 15.7. The number of rotatable bonds is 4. The van der Waals surface area contributed by atoms with Crippen molar-refractivity contribution in [2.75, 3.05) is 26.1 Å². The number of fused-ring (bicyclic) bond motifs is 3. The zero-order valence-corrected chi connectivity index (χ0v) is 18.1. The SMILES string of the molecule is COc1ccc([C@H]2c3[nH]c4ccccc4c3CCN2C(=O)Nc2cccc(OC)c2)cc1. The molecule has 2 heterocycles. The number of aromatic nitrogens is 1. The van der Waals surface area contributed by atoms with Gasteiger partial charge in [-0.05, 0) is 47.9 Å². The van der Waals surface area contributed by atoms with E-state index in [1.54, 1.807) is 14.2 Å². The first kappa shape index (κ1) is 20.0. The number of urea groups is 1. The topological polar surface area (TPSA) is 66.6 Å². The predicted octanol–water partition coefficient (Wildman–Crippen LogP) is 5.36. The molecule has 0 aliphatic carbocycles. The van der Waals surface area contributed by atoms with Crippen LogP contribution in [0.3, 0.4) is 0 Å². The molecule has 3 aromatic carbocycles. The van der Waals surface area contributed by atoms with E-state index in [0.717, 1.165) is 28.9 Å². The molecule has 0 unspecified atom stereocenters. The number of nitrogens with one attached hydrogen (secondary N) is 2. The van der Waals surface area contributed by atoms with Gasteiger partial charge >= 0.3 is 6.03 Å². The molecule has 6 heteroatoms. The van der Waals surface area contributed by atoms with Gasteiger partial charge in [-0.1, -0.05) is 36.4 Å². The number of para-hydroxylation sites is 1. The van der Waals surface area contributed by atoms with Gasteiger partial charge in [0.15, 0.2) is 0 Å². The van der Waals surface area contributed by atoms with Gasteiger partial charge in [0.25, 0.3) is 0 Å². The molecule has 1 aliphatic rings. The van der Waals surface area contributed by atoms with Crippen molar-refractivity contribution in [2.45, 2.75) is 12.5 Å². The molecule has 0 spiro atoms. The molecular formula is C26H25N3O3. The third-order valence-electron chi connectivity index (χ3n) is 6.05. The molecule has 6 nitrogen and oxygen atoms in total. The number of aromatic amines is 1. The summed E-state index contributed by atoms with van der Waals surface area (Å²) >= 11 is 0. The third kappa shape index (κ3) is 3.54. The van der Waals surface area contributed by atoms with Gasteiger partial charge in [-0.25, -0.2) is 4.79 Å². The van der Waals surface area contributed by atoms with Crippen LogP contribution in [0, 0.1) is 0 Å². The lowest BCUT2D eigenvalue weighted by molar-refractivity contribution is 0.193. The maximum absolute atomic E-state index is 13.4. The molecule has 0 fully saturated rings. The lowest BCUT2D eigenvalue weighted by atomic mass is 9.92. The Morgan fingerprint density at radius 3 is 2.53 bits per heavy atom. The molecule has 32 heavy (non-hydrogen) atoms. The Morgan fingerprint density at radius 1 is 0.969 bits per heavy atom. The van der Waals surface area contributed by atoms with E-state index in [2.05, 4.69) is 28.5 Å².